The van der Waals surface area contributed by atoms with E-state index in [1.54, 1.807) is 11.0 Å². The van der Waals surface area contributed by atoms with Crippen LogP contribution in [-0.2, 0) is 16.4 Å². The van der Waals surface area contributed by atoms with Gasteiger partial charge >= 0.3 is 16.0 Å². The fraction of sp³-hybridized carbons (Fsp3) is 0.441. The summed E-state index contributed by atoms with van der Waals surface area (Å²) in [5, 5.41) is 19.9. The fourth-order valence-corrected chi connectivity index (χ4v) is 6.82. The van der Waals surface area contributed by atoms with Gasteiger partial charge in [-0.1, -0.05) is 45.0 Å². The topological polar surface area (TPSA) is 149 Å². The Bertz CT molecular complexity index is 1910. The predicted molar refractivity (Wildman–Crippen MR) is 188 cm³/mol. The van der Waals surface area contributed by atoms with Crippen molar-refractivity contribution < 1.29 is 18.8 Å². The quantitative estimate of drug-likeness (QED) is 0.146. The Morgan fingerprint density at radius 2 is 1.86 bits per heavy atom. The lowest BCUT2D eigenvalue weighted by molar-refractivity contribution is 0.171. The van der Waals surface area contributed by atoms with E-state index in [-0.39, 0.29) is 23.6 Å². The third-order valence-corrected chi connectivity index (χ3v) is 9.63. The van der Waals surface area contributed by atoms with Gasteiger partial charge in [-0.05, 0) is 55.4 Å². The average Bonchev–Trinajstić information content (AvgIpc) is 3.85. The van der Waals surface area contributed by atoms with Crippen LogP contribution in [0.3, 0.4) is 0 Å². The zero-order valence-electron chi connectivity index (χ0n) is 28.2. The van der Waals surface area contributed by atoms with E-state index >= 15 is 0 Å². The first-order chi connectivity index (χ1) is 23.8. The fourth-order valence-electron chi connectivity index (χ4n) is 6.56. The van der Waals surface area contributed by atoms with Crippen molar-refractivity contribution in [3.63, 3.8) is 0 Å². The lowest BCUT2D eigenvalue weighted by Gasteiger charge is -2.32. The molecular formula is C34H44N10O4Si. The highest BCUT2D eigenvalue weighted by Gasteiger charge is 2.30. The van der Waals surface area contributed by atoms with Crippen LogP contribution >= 0.6 is 0 Å². The maximum absolute atomic E-state index is 13.6. The predicted octanol–water partition coefficient (Wildman–Crippen LogP) is 4.18. The number of amides is 2. The van der Waals surface area contributed by atoms with Crippen molar-refractivity contribution >= 4 is 33.5 Å². The van der Waals surface area contributed by atoms with Gasteiger partial charge in [-0.25, -0.2) is 9.78 Å². The first-order valence-electron chi connectivity index (χ1n) is 17.0. The second kappa shape index (κ2) is 14.0. The SMILES string of the molecule is CC(C)(C)c1cc(NC(=O)N[C@H]2CC[C@@H](Oc3ccc4nnc(N5CCCCC5)n4c3)c3ccccc32)n(-c2cn(CCO[SiH2]O)cn2)n1. The minimum absolute atomic E-state index is 0.166. The molecule has 5 aromatic rings. The summed E-state index contributed by atoms with van der Waals surface area (Å²) in [4.78, 5) is 29.4. The Morgan fingerprint density at radius 3 is 2.65 bits per heavy atom. The summed E-state index contributed by atoms with van der Waals surface area (Å²) >= 11 is 0. The van der Waals surface area contributed by atoms with Crippen LogP contribution in [0.1, 0.15) is 81.8 Å². The van der Waals surface area contributed by atoms with Crippen LogP contribution in [0, 0.1) is 0 Å². The molecule has 2 aliphatic rings. The Kier molecular flexibility index (Phi) is 9.38. The molecular weight excluding hydrogens is 641 g/mol. The molecule has 0 bridgehead atoms. The number of imidazole rings is 1. The number of benzene rings is 1. The maximum Gasteiger partial charge on any atom is 0.320 e. The maximum atomic E-state index is 13.6. The molecule has 0 spiro atoms. The van der Waals surface area contributed by atoms with Gasteiger partial charge in [-0.3, -0.25) is 9.72 Å². The van der Waals surface area contributed by atoms with E-state index in [9.17, 15) is 4.79 Å². The molecule has 0 saturated carbocycles. The molecule has 15 heteroatoms. The van der Waals surface area contributed by atoms with Gasteiger partial charge in [-0.15, -0.1) is 10.2 Å². The lowest BCUT2D eigenvalue weighted by Crippen LogP contribution is -2.36. The summed E-state index contributed by atoms with van der Waals surface area (Å²) in [6.07, 6.45) is 10.4. The Labute approximate surface area is 287 Å². The summed E-state index contributed by atoms with van der Waals surface area (Å²) in [6.45, 7) is 9.16. The molecule has 3 N–H and O–H groups in total. The molecule has 2 amide bonds. The smallest absolute Gasteiger partial charge is 0.320 e. The number of nitrogens with one attached hydrogen (secondary N) is 2. The zero-order chi connectivity index (χ0) is 34.0. The summed E-state index contributed by atoms with van der Waals surface area (Å²) in [7, 11) is -1.45. The van der Waals surface area contributed by atoms with E-state index in [1.165, 1.54) is 6.42 Å². The normalized spacial score (nSPS) is 18.2. The molecule has 4 aromatic heterocycles. The van der Waals surface area contributed by atoms with Crippen molar-refractivity contribution in [2.24, 2.45) is 0 Å². The van der Waals surface area contributed by atoms with Crippen LogP contribution in [0.2, 0.25) is 0 Å². The van der Waals surface area contributed by atoms with Crippen molar-refractivity contribution in [3.05, 3.63) is 78.0 Å². The largest absolute Gasteiger partial charge is 0.484 e. The number of aromatic nitrogens is 7. The average molecular weight is 685 g/mol. The molecule has 1 saturated heterocycles. The van der Waals surface area contributed by atoms with E-state index in [4.69, 9.17) is 19.1 Å². The molecule has 7 rings (SSSR count). The number of carbonyl (C=O) groups is 1. The number of fused-ring (bicyclic) bond motifs is 2. The molecule has 258 valence electrons. The van der Waals surface area contributed by atoms with E-state index in [0.717, 1.165) is 66.5 Å². The number of ether oxygens (including phenoxy) is 1. The highest BCUT2D eigenvalue weighted by Crippen LogP contribution is 2.39. The number of nitrogens with zero attached hydrogens (tertiary/aromatic N) is 8. The van der Waals surface area contributed by atoms with E-state index in [0.29, 0.717) is 31.2 Å². The summed E-state index contributed by atoms with van der Waals surface area (Å²) in [6, 6.07) is 13.4. The van der Waals surface area contributed by atoms with Crippen molar-refractivity contribution in [1.82, 2.24) is 39.2 Å². The van der Waals surface area contributed by atoms with Crippen LogP contribution in [0.15, 0.2) is 61.2 Å². The number of carbonyl (C=O) groups excluding carboxylic acids is 1. The van der Waals surface area contributed by atoms with Gasteiger partial charge < -0.3 is 28.7 Å². The zero-order valence-corrected chi connectivity index (χ0v) is 29.7. The van der Waals surface area contributed by atoms with Crippen LogP contribution in [-0.4, -0.2) is 74.5 Å². The highest BCUT2D eigenvalue weighted by molar-refractivity contribution is 6.15. The Hall–Kier alpha value is -4.73. The van der Waals surface area contributed by atoms with Gasteiger partial charge in [0, 0.05) is 37.3 Å². The summed E-state index contributed by atoms with van der Waals surface area (Å²) in [5.74, 6) is 2.70. The minimum atomic E-state index is -1.45. The van der Waals surface area contributed by atoms with E-state index in [1.807, 2.05) is 51.7 Å². The van der Waals surface area contributed by atoms with Gasteiger partial charge in [0.1, 0.15) is 17.7 Å². The van der Waals surface area contributed by atoms with Crippen molar-refractivity contribution in [1.29, 1.82) is 0 Å². The van der Waals surface area contributed by atoms with Gasteiger partial charge in [-0.2, -0.15) is 9.78 Å². The molecule has 1 aliphatic carbocycles. The number of hydrogen-bond acceptors (Lipinski definition) is 9. The number of anilines is 2. The van der Waals surface area contributed by atoms with Gasteiger partial charge in [0.2, 0.25) is 5.95 Å². The molecule has 49 heavy (non-hydrogen) atoms. The minimum Gasteiger partial charge on any atom is -0.484 e. The van der Waals surface area contributed by atoms with Crippen molar-refractivity contribution in [3.8, 4) is 11.6 Å². The van der Waals surface area contributed by atoms with Gasteiger partial charge in [0.05, 0.1) is 30.9 Å². The second-order valence-electron chi connectivity index (χ2n) is 13.7. The van der Waals surface area contributed by atoms with Crippen LogP contribution < -0.4 is 20.3 Å². The third-order valence-electron chi connectivity index (χ3n) is 9.16. The Balaban J connectivity index is 1.06. The number of urea groups is 1. The molecule has 0 radical (unpaired) electrons. The first-order valence-corrected chi connectivity index (χ1v) is 18.2. The van der Waals surface area contributed by atoms with Crippen molar-refractivity contribution in [2.75, 3.05) is 29.9 Å². The first kappa shape index (κ1) is 32.8. The van der Waals surface area contributed by atoms with Gasteiger partial charge in [0.15, 0.2) is 11.5 Å². The number of hydrogen-bond donors (Lipinski definition) is 3. The molecule has 5 heterocycles. The molecule has 0 unspecified atom stereocenters. The van der Waals surface area contributed by atoms with Crippen LogP contribution in [0.25, 0.3) is 11.5 Å². The van der Waals surface area contributed by atoms with Gasteiger partial charge in [0.25, 0.3) is 0 Å². The standard InChI is InChI=1S/C34H44N10O4Si/c1-34(2,3)28-19-30(44(40-28)31-21-41(22-35-31)17-18-47-49-46)37-32(45)36-26-12-13-27(25-10-6-5-9-24(25)26)48-23-11-14-29-38-39-33(43(29)20-23)42-15-7-4-8-16-42/h5-6,9-11,14,19-22,26-27,46H,4,7-8,12-13,15-18,49H2,1-3H3,(H2,36,37,45)/t26-,27+/m0/s1. The van der Waals surface area contributed by atoms with E-state index < -0.39 is 10.0 Å². The molecule has 1 fully saturated rings. The molecule has 1 aromatic carbocycles. The monoisotopic (exact) mass is 684 g/mol. The number of rotatable bonds is 10. The van der Waals surface area contributed by atoms with E-state index in [2.05, 4.69) is 63.6 Å². The Morgan fingerprint density at radius 1 is 1.04 bits per heavy atom. The third kappa shape index (κ3) is 7.18. The summed E-state index contributed by atoms with van der Waals surface area (Å²) < 4.78 is 17.4. The van der Waals surface area contributed by atoms with Crippen LogP contribution in [0.4, 0.5) is 16.6 Å². The number of piperidine rings is 1. The van der Waals surface area contributed by atoms with Crippen LogP contribution in [0.5, 0.6) is 5.75 Å². The highest BCUT2D eigenvalue weighted by atomic mass is 28.2. The number of pyridine rings is 1. The molecule has 1 aliphatic heterocycles. The molecule has 14 nitrogen and oxygen atoms in total. The van der Waals surface area contributed by atoms with Crippen molar-refractivity contribution in [2.45, 2.75) is 77.0 Å². The lowest BCUT2D eigenvalue weighted by atomic mass is 9.85. The molecule has 2 atom stereocenters. The second-order valence-corrected chi connectivity index (χ2v) is 14.4. The summed E-state index contributed by atoms with van der Waals surface area (Å²) in [5.41, 5.74) is 3.46.